The first-order valence-electron chi connectivity index (χ1n) is 9.06. The van der Waals surface area contributed by atoms with Crippen LogP contribution in [0.2, 0.25) is 0 Å². The first kappa shape index (κ1) is 20.0. The largest absolute Gasteiger partial charge is 0.378 e. The van der Waals surface area contributed by atoms with Crippen LogP contribution in [-0.4, -0.2) is 44.9 Å². The molecule has 2 heterocycles. The van der Waals surface area contributed by atoms with Crippen molar-refractivity contribution in [1.29, 1.82) is 0 Å². The molecule has 0 saturated carbocycles. The molecule has 0 bridgehead atoms. The van der Waals surface area contributed by atoms with Crippen LogP contribution >= 0.6 is 22.6 Å². The Hall–Kier alpha value is -2.24. The van der Waals surface area contributed by atoms with E-state index in [9.17, 15) is 8.42 Å². The number of aromatic nitrogens is 2. The molecule has 1 fully saturated rings. The SMILES string of the molecule is O=S(=O)(Nc1ccc(-c2ccc(N3CCOCC3)nn2)cc1)c1ccc(I)cc1. The summed E-state index contributed by atoms with van der Waals surface area (Å²) in [4.78, 5) is 2.37. The highest BCUT2D eigenvalue weighted by Crippen LogP contribution is 2.23. The third kappa shape index (κ3) is 4.85. The number of morpholine rings is 1. The fraction of sp³-hybridized carbons (Fsp3) is 0.200. The van der Waals surface area contributed by atoms with Crippen LogP contribution in [0.4, 0.5) is 11.5 Å². The summed E-state index contributed by atoms with van der Waals surface area (Å²) in [6.45, 7) is 3.01. The first-order valence-corrected chi connectivity index (χ1v) is 11.6. The zero-order valence-corrected chi connectivity index (χ0v) is 18.4. The second kappa shape index (κ2) is 8.64. The number of ether oxygens (including phenoxy) is 1. The van der Waals surface area contributed by atoms with Gasteiger partial charge in [0.25, 0.3) is 10.0 Å². The molecule has 9 heteroatoms. The molecule has 2 aromatic carbocycles. The lowest BCUT2D eigenvalue weighted by Crippen LogP contribution is -2.36. The summed E-state index contributed by atoms with van der Waals surface area (Å²) in [7, 11) is -3.62. The number of rotatable bonds is 5. The number of benzene rings is 2. The van der Waals surface area contributed by atoms with Crippen molar-refractivity contribution in [2.75, 3.05) is 35.9 Å². The molecule has 0 aliphatic carbocycles. The van der Waals surface area contributed by atoms with Gasteiger partial charge in [-0.3, -0.25) is 4.72 Å². The molecule has 1 aliphatic rings. The van der Waals surface area contributed by atoms with E-state index in [2.05, 4.69) is 42.4 Å². The Labute approximate surface area is 183 Å². The van der Waals surface area contributed by atoms with E-state index in [-0.39, 0.29) is 4.90 Å². The summed E-state index contributed by atoms with van der Waals surface area (Å²) in [6, 6.07) is 17.6. The smallest absolute Gasteiger partial charge is 0.261 e. The van der Waals surface area contributed by atoms with Gasteiger partial charge in [0.15, 0.2) is 5.82 Å². The molecule has 1 saturated heterocycles. The lowest BCUT2D eigenvalue weighted by Gasteiger charge is -2.27. The molecule has 0 radical (unpaired) electrons. The van der Waals surface area contributed by atoms with E-state index in [4.69, 9.17) is 4.74 Å². The molecule has 4 rings (SSSR count). The third-order valence-electron chi connectivity index (χ3n) is 4.54. The maximum Gasteiger partial charge on any atom is 0.261 e. The molecule has 29 heavy (non-hydrogen) atoms. The Morgan fingerprint density at radius 2 is 1.59 bits per heavy atom. The fourth-order valence-electron chi connectivity index (χ4n) is 2.98. The van der Waals surface area contributed by atoms with Gasteiger partial charge < -0.3 is 9.64 Å². The minimum atomic E-state index is -3.62. The summed E-state index contributed by atoms with van der Waals surface area (Å²) < 4.78 is 33.9. The van der Waals surface area contributed by atoms with Crippen LogP contribution in [-0.2, 0) is 14.8 Å². The molecule has 1 aromatic heterocycles. The van der Waals surface area contributed by atoms with Crippen molar-refractivity contribution in [3.63, 3.8) is 0 Å². The van der Waals surface area contributed by atoms with Gasteiger partial charge in [0.1, 0.15) is 0 Å². The van der Waals surface area contributed by atoms with Crippen molar-refractivity contribution in [2.24, 2.45) is 0 Å². The first-order chi connectivity index (χ1) is 14.0. The summed E-state index contributed by atoms with van der Waals surface area (Å²) in [5, 5.41) is 8.63. The van der Waals surface area contributed by atoms with E-state index in [1.807, 2.05) is 24.3 Å². The van der Waals surface area contributed by atoms with Crippen LogP contribution < -0.4 is 9.62 Å². The predicted octanol–water partition coefficient (Wildman–Crippen LogP) is 3.39. The Balaban J connectivity index is 1.47. The fourth-order valence-corrected chi connectivity index (χ4v) is 4.40. The molecule has 0 atom stereocenters. The number of halogens is 1. The lowest BCUT2D eigenvalue weighted by atomic mass is 10.1. The van der Waals surface area contributed by atoms with E-state index in [0.717, 1.165) is 33.7 Å². The van der Waals surface area contributed by atoms with E-state index in [1.165, 1.54) is 0 Å². The van der Waals surface area contributed by atoms with Gasteiger partial charge in [0, 0.05) is 27.9 Å². The van der Waals surface area contributed by atoms with Crippen LogP contribution in [0.15, 0.2) is 65.6 Å². The molecule has 0 amide bonds. The van der Waals surface area contributed by atoms with Gasteiger partial charge in [-0.15, -0.1) is 10.2 Å². The monoisotopic (exact) mass is 522 g/mol. The summed E-state index contributed by atoms with van der Waals surface area (Å²) in [5.41, 5.74) is 2.09. The van der Waals surface area contributed by atoms with Gasteiger partial charge >= 0.3 is 0 Å². The zero-order valence-electron chi connectivity index (χ0n) is 15.5. The molecule has 7 nitrogen and oxygen atoms in total. The van der Waals surface area contributed by atoms with Crippen molar-refractivity contribution in [3.8, 4) is 11.3 Å². The summed E-state index contributed by atoms with van der Waals surface area (Å²) >= 11 is 2.14. The van der Waals surface area contributed by atoms with Crippen molar-refractivity contribution < 1.29 is 13.2 Å². The number of nitrogens with zero attached hydrogens (tertiary/aromatic N) is 3. The standard InChI is InChI=1S/C20H19IN4O3S/c21-16-3-7-18(8-4-16)29(26,27)24-17-5-1-15(2-6-17)19-9-10-20(23-22-19)25-11-13-28-14-12-25/h1-10,24H,11-14H2. The van der Waals surface area contributed by atoms with Gasteiger partial charge in [-0.05, 0) is 71.1 Å². The average Bonchev–Trinajstić information content (AvgIpc) is 2.75. The van der Waals surface area contributed by atoms with E-state index in [1.54, 1.807) is 36.4 Å². The van der Waals surface area contributed by atoms with Crippen LogP contribution in [0.5, 0.6) is 0 Å². The van der Waals surface area contributed by atoms with Gasteiger partial charge in [-0.2, -0.15) is 0 Å². The van der Waals surface area contributed by atoms with E-state index < -0.39 is 10.0 Å². The molecule has 1 aliphatic heterocycles. The van der Waals surface area contributed by atoms with Crippen molar-refractivity contribution in [1.82, 2.24) is 10.2 Å². The highest BCUT2D eigenvalue weighted by molar-refractivity contribution is 14.1. The highest BCUT2D eigenvalue weighted by Gasteiger charge is 2.15. The van der Waals surface area contributed by atoms with Crippen molar-refractivity contribution in [3.05, 3.63) is 64.2 Å². The summed E-state index contributed by atoms with van der Waals surface area (Å²) in [6.07, 6.45) is 0. The van der Waals surface area contributed by atoms with Crippen LogP contribution in [0.25, 0.3) is 11.3 Å². The van der Waals surface area contributed by atoms with Crippen LogP contribution in [0.3, 0.4) is 0 Å². The molecule has 1 N–H and O–H groups in total. The van der Waals surface area contributed by atoms with Crippen molar-refractivity contribution >= 4 is 44.1 Å². The second-order valence-electron chi connectivity index (χ2n) is 6.51. The van der Waals surface area contributed by atoms with E-state index in [0.29, 0.717) is 18.9 Å². The lowest BCUT2D eigenvalue weighted by molar-refractivity contribution is 0.122. The Kier molecular flexibility index (Phi) is 5.97. The normalized spacial score (nSPS) is 14.6. The van der Waals surface area contributed by atoms with Gasteiger partial charge in [0.2, 0.25) is 0 Å². The number of sulfonamides is 1. The molecule has 3 aromatic rings. The average molecular weight is 522 g/mol. The van der Waals surface area contributed by atoms with Crippen LogP contribution in [0, 0.1) is 3.57 Å². The third-order valence-corrected chi connectivity index (χ3v) is 6.66. The van der Waals surface area contributed by atoms with Gasteiger partial charge in [0.05, 0.1) is 23.8 Å². The summed E-state index contributed by atoms with van der Waals surface area (Å²) in [5.74, 6) is 0.832. The molecule has 150 valence electrons. The molecular weight excluding hydrogens is 503 g/mol. The van der Waals surface area contributed by atoms with Crippen LogP contribution in [0.1, 0.15) is 0 Å². The van der Waals surface area contributed by atoms with Gasteiger partial charge in [-0.25, -0.2) is 8.42 Å². The molecule has 0 spiro atoms. The maximum absolute atomic E-state index is 12.5. The molecule has 0 unspecified atom stereocenters. The number of nitrogens with one attached hydrogen (secondary N) is 1. The van der Waals surface area contributed by atoms with Gasteiger partial charge in [-0.1, -0.05) is 12.1 Å². The van der Waals surface area contributed by atoms with Crippen molar-refractivity contribution in [2.45, 2.75) is 4.90 Å². The molecular formula is C20H19IN4O3S. The number of anilines is 2. The quantitative estimate of drug-likeness (QED) is 0.518. The van der Waals surface area contributed by atoms with E-state index >= 15 is 0 Å². The Morgan fingerprint density at radius 3 is 2.21 bits per heavy atom. The highest BCUT2D eigenvalue weighted by atomic mass is 127. The zero-order chi connectivity index (χ0) is 20.3. The Bertz CT molecular complexity index is 1070. The number of hydrogen-bond donors (Lipinski definition) is 1. The minimum absolute atomic E-state index is 0.228. The minimum Gasteiger partial charge on any atom is -0.378 e. The number of hydrogen-bond acceptors (Lipinski definition) is 6. The second-order valence-corrected chi connectivity index (χ2v) is 9.44. The topological polar surface area (TPSA) is 84.4 Å². The Morgan fingerprint density at radius 1 is 0.897 bits per heavy atom. The maximum atomic E-state index is 12.5. The predicted molar refractivity (Wildman–Crippen MR) is 120 cm³/mol.